The number of carbonyl (C=O) groups excluding carboxylic acids is 1. The summed E-state index contributed by atoms with van der Waals surface area (Å²) in [5, 5.41) is 66.2. The maximum atomic E-state index is 10.6. The van der Waals surface area contributed by atoms with Gasteiger partial charge in [0.2, 0.25) is 0 Å². The van der Waals surface area contributed by atoms with Crippen molar-refractivity contribution in [2.75, 3.05) is 145 Å². The number of ether oxygens (including phenoxy) is 13. The van der Waals surface area contributed by atoms with E-state index in [1.54, 1.807) is 24.3 Å². The van der Waals surface area contributed by atoms with Gasteiger partial charge in [-0.1, -0.05) is 29.8 Å². The molecule has 4 rings (SSSR count). The lowest BCUT2D eigenvalue weighted by Gasteiger charge is -2.21. The number of carbonyl (C=O) groups is 1. The zero-order valence-electron chi connectivity index (χ0n) is 37.3. The Morgan fingerprint density at radius 3 is 1.38 bits per heavy atom. The average molecular weight is 975 g/mol. The van der Waals surface area contributed by atoms with Gasteiger partial charge in [-0.15, -0.1) is 13.2 Å². The highest BCUT2D eigenvalue weighted by Gasteiger charge is 2.25. The summed E-state index contributed by atoms with van der Waals surface area (Å²) >= 11 is 5.56. The molecule has 3 aliphatic heterocycles. The number of aliphatic hydroxyl groups is 6. The summed E-state index contributed by atoms with van der Waals surface area (Å²) in [6.07, 6.45) is -1.06. The van der Waals surface area contributed by atoms with Crippen molar-refractivity contribution in [1.82, 2.24) is 0 Å². The Morgan fingerprint density at radius 1 is 0.591 bits per heavy atom. The maximum absolute atomic E-state index is 10.6. The minimum absolute atomic E-state index is 0.00619. The van der Waals surface area contributed by atoms with E-state index in [-0.39, 0.29) is 116 Å². The van der Waals surface area contributed by atoms with E-state index in [4.69, 9.17) is 83.5 Å². The fourth-order valence-electron chi connectivity index (χ4n) is 4.79. The summed E-state index contributed by atoms with van der Waals surface area (Å²) in [4.78, 5) is 14.1. The Morgan fingerprint density at radius 2 is 0.955 bits per heavy atom. The fourth-order valence-corrected chi connectivity index (χ4v) is 4.98. The number of benzene rings is 1. The van der Waals surface area contributed by atoms with Gasteiger partial charge in [-0.25, -0.2) is 4.79 Å². The first kappa shape index (κ1) is 59.8. The van der Waals surface area contributed by atoms with E-state index in [1.807, 2.05) is 0 Å². The lowest BCUT2D eigenvalue weighted by Crippen LogP contribution is -2.34. The topological polar surface area (TPSA) is 298 Å². The van der Waals surface area contributed by atoms with Crippen LogP contribution in [0, 0.1) is 0 Å². The van der Waals surface area contributed by atoms with Crippen molar-refractivity contribution >= 4 is 17.6 Å². The van der Waals surface area contributed by atoms with E-state index in [2.05, 4.69) is 18.0 Å². The van der Waals surface area contributed by atoms with Gasteiger partial charge in [0.05, 0.1) is 151 Å². The van der Waals surface area contributed by atoms with Crippen LogP contribution < -0.4 is 0 Å². The fraction of sp³-hybridized carbons (Fsp3) is 0.744. The van der Waals surface area contributed by atoms with Crippen LogP contribution in [0.3, 0.4) is 0 Å². The van der Waals surface area contributed by atoms with Gasteiger partial charge in [-0.05, 0) is 18.2 Å². The number of hydrogen-bond acceptors (Lipinski definition) is 22. The lowest BCUT2D eigenvalue weighted by atomic mass is 10.2. The number of aliphatic hydroxyl groups excluding tert-OH is 6. The smallest absolute Gasteiger partial charge is 0.372 e. The van der Waals surface area contributed by atoms with Crippen LogP contribution in [0.1, 0.15) is 10.4 Å². The maximum Gasteiger partial charge on any atom is 0.372 e. The van der Waals surface area contributed by atoms with Crippen LogP contribution in [0.25, 0.3) is 0 Å². The Labute approximate surface area is 390 Å². The van der Waals surface area contributed by atoms with Crippen LogP contribution in [0.15, 0.2) is 49.6 Å². The first-order chi connectivity index (χ1) is 32.0. The van der Waals surface area contributed by atoms with Crippen molar-refractivity contribution < 1.29 is 107 Å². The van der Waals surface area contributed by atoms with Crippen LogP contribution in [-0.2, 0) is 66.5 Å². The molecule has 1 aromatic carbocycles. The molecule has 10 unspecified atom stereocenters. The molecule has 1 aromatic rings. The number of hydrogen-bond donors (Lipinski definition) is 7. The van der Waals surface area contributed by atoms with Gasteiger partial charge in [0.1, 0.15) is 61.0 Å². The highest BCUT2D eigenvalue weighted by Crippen LogP contribution is 2.12. The molecule has 3 heterocycles. The van der Waals surface area contributed by atoms with E-state index in [1.165, 1.54) is 12.1 Å². The first-order valence-corrected chi connectivity index (χ1v) is 21.9. The summed E-state index contributed by atoms with van der Waals surface area (Å²) in [6.45, 7) is 12.3. The molecule has 23 heteroatoms. The van der Waals surface area contributed by atoms with Gasteiger partial charge in [-0.3, -0.25) is 4.89 Å². The van der Waals surface area contributed by atoms with E-state index >= 15 is 0 Å². The SMILES string of the molecule is C=CCOCC(COCC(O)COC(CO)COCC1CO1)OCC(O)COCC1CO1.C=CCOCC(O)COCC(O)COC(CO)COCC1CO1.O=C(OO)c1cccc(Cl)c1. The van der Waals surface area contributed by atoms with E-state index in [9.17, 15) is 30.3 Å². The van der Waals surface area contributed by atoms with E-state index in [0.29, 0.717) is 57.9 Å². The quantitative estimate of drug-likeness (QED) is 0.0139. The molecule has 0 spiro atoms. The molecule has 0 amide bonds. The average Bonchev–Trinajstić information content (AvgIpc) is 4.15. The third kappa shape index (κ3) is 34.0. The summed E-state index contributed by atoms with van der Waals surface area (Å²) in [6, 6.07) is 6.11. The minimum Gasteiger partial charge on any atom is -0.394 e. The molecule has 22 nitrogen and oxygen atoms in total. The van der Waals surface area contributed by atoms with Crippen molar-refractivity contribution in [1.29, 1.82) is 0 Å². The van der Waals surface area contributed by atoms with Gasteiger partial charge in [0, 0.05) is 5.02 Å². The molecular formula is C43H71ClO22. The Kier molecular flexibility index (Phi) is 34.9. The molecule has 0 saturated carbocycles. The molecule has 0 aromatic heterocycles. The van der Waals surface area contributed by atoms with Gasteiger partial charge in [0.15, 0.2) is 0 Å². The summed E-state index contributed by atoms with van der Waals surface area (Å²) < 4.78 is 68.8. The van der Waals surface area contributed by atoms with Crippen LogP contribution >= 0.6 is 11.6 Å². The number of epoxide rings is 3. The minimum atomic E-state index is -0.880. The van der Waals surface area contributed by atoms with Crippen LogP contribution in [0.2, 0.25) is 5.02 Å². The van der Waals surface area contributed by atoms with E-state index < -0.39 is 48.7 Å². The third-order valence-corrected chi connectivity index (χ3v) is 8.71. The van der Waals surface area contributed by atoms with Crippen molar-refractivity contribution in [3.05, 3.63) is 60.2 Å². The summed E-state index contributed by atoms with van der Waals surface area (Å²) in [7, 11) is 0. The van der Waals surface area contributed by atoms with Gasteiger partial charge >= 0.3 is 5.97 Å². The van der Waals surface area contributed by atoms with Crippen molar-refractivity contribution in [2.45, 2.75) is 61.0 Å². The van der Waals surface area contributed by atoms with Gasteiger partial charge in [-0.2, -0.15) is 5.26 Å². The first-order valence-electron chi connectivity index (χ1n) is 21.5. The second kappa shape index (κ2) is 38.5. The molecule has 0 aliphatic carbocycles. The Hall–Kier alpha value is -2.34. The van der Waals surface area contributed by atoms with Crippen LogP contribution in [-0.4, -0.2) is 248 Å². The second-order valence-electron chi connectivity index (χ2n) is 14.9. The third-order valence-electron chi connectivity index (χ3n) is 8.48. The highest BCUT2D eigenvalue weighted by molar-refractivity contribution is 6.30. The van der Waals surface area contributed by atoms with E-state index in [0.717, 1.165) is 0 Å². The van der Waals surface area contributed by atoms with Gasteiger partial charge in [0.25, 0.3) is 0 Å². The molecule has 3 fully saturated rings. The van der Waals surface area contributed by atoms with Crippen LogP contribution in [0.5, 0.6) is 0 Å². The second-order valence-corrected chi connectivity index (χ2v) is 15.4. The molecule has 66 heavy (non-hydrogen) atoms. The number of halogens is 1. The molecule has 0 radical (unpaired) electrons. The largest absolute Gasteiger partial charge is 0.394 e. The highest BCUT2D eigenvalue weighted by atomic mass is 35.5. The van der Waals surface area contributed by atoms with Crippen molar-refractivity contribution in [3.8, 4) is 0 Å². The zero-order valence-corrected chi connectivity index (χ0v) is 38.1. The normalized spacial score (nSPS) is 20.2. The monoisotopic (exact) mass is 974 g/mol. The van der Waals surface area contributed by atoms with Crippen molar-refractivity contribution in [2.24, 2.45) is 0 Å². The Balaban J connectivity index is 0.000000381. The summed E-state index contributed by atoms with van der Waals surface area (Å²) in [5.41, 5.74) is 0.222. The molecule has 3 aliphatic rings. The molecule has 7 N–H and O–H groups in total. The number of rotatable bonds is 40. The standard InChI is InChI=1S/C21H38O11.C15H28O8.C7H5ClO3/c1-2-3-25-10-19(30-8-17(24)6-27-12-20-14-31-20)11-26-5-16(23)7-29-18(4-22)9-28-13-21-15-32-21;1-2-3-19-5-12(17)6-20-7-13(18)8-22-14(4-16)9-21-10-15-11-23-15;8-6-3-1-2-5(4-6)7(9)11-10/h2,16-24H,1,3-15H2;2,12-18H,1,3-11H2;1-4,10H. The summed E-state index contributed by atoms with van der Waals surface area (Å²) in [5.74, 6) is -0.813. The zero-order chi connectivity index (χ0) is 48.2. The molecular weight excluding hydrogens is 904 g/mol. The van der Waals surface area contributed by atoms with Crippen molar-refractivity contribution in [3.63, 3.8) is 0 Å². The molecule has 10 atom stereocenters. The van der Waals surface area contributed by atoms with Gasteiger partial charge < -0.3 is 92.2 Å². The molecule has 3 saturated heterocycles. The molecule has 0 bridgehead atoms. The molecule has 382 valence electrons. The lowest BCUT2D eigenvalue weighted by molar-refractivity contribution is -0.182. The predicted octanol–water partition coefficient (Wildman–Crippen LogP) is -0.789. The van der Waals surface area contributed by atoms with Crippen LogP contribution in [0.4, 0.5) is 0 Å². The Bertz CT molecular complexity index is 1360. The predicted molar refractivity (Wildman–Crippen MR) is 232 cm³/mol.